The molecule has 0 aromatic rings. The monoisotopic (exact) mass is 280 g/mol. The molecule has 2 rings (SSSR count). The molecule has 2 saturated carbocycles. The zero-order valence-corrected chi connectivity index (χ0v) is 14.3. The first-order valence-corrected chi connectivity index (χ1v) is 9.06. The summed E-state index contributed by atoms with van der Waals surface area (Å²) in [6, 6.07) is 2.43. The number of nitrogens with one attached hydrogen (secondary N) is 1. The largest absolute Gasteiger partial charge is 0.312 e. The Balaban J connectivity index is 2.02. The van der Waals surface area contributed by atoms with Crippen LogP contribution in [0.3, 0.4) is 0 Å². The minimum Gasteiger partial charge on any atom is -0.312 e. The first-order chi connectivity index (χ1) is 9.57. The molecule has 118 valence electrons. The molecule has 0 aromatic carbocycles. The van der Waals surface area contributed by atoms with Gasteiger partial charge in [0.15, 0.2) is 0 Å². The summed E-state index contributed by atoms with van der Waals surface area (Å²) < 4.78 is 0. The molecule has 0 radical (unpaired) electrons. The predicted molar refractivity (Wildman–Crippen MR) is 88.1 cm³/mol. The fourth-order valence-electron chi connectivity index (χ4n) is 3.83. The van der Waals surface area contributed by atoms with Crippen LogP contribution in [0.4, 0.5) is 0 Å². The lowest BCUT2D eigenvalue weighted by molar-refractivity contribution is 0.0582. The Labute approximate surface area is 126 Å². The van der Waals surface area contributed by atoms with Crippen LogP contribution in [0, 0.1) is 5.41 Å². The van der Waals surface area contributed by atoms with E-state index in [-0.39, 0.29) is 0 Å². The summed E-state index contributed by atoms with van der Waals surface area (Å²) in [5.41, 5.74) is 0.536. The Hall–Kier alpha value is -0.0800. The SMILES string of the molecule is CCCCN(C1CC1)C1CC(C)(C)CCC1NCCC. The van der Waals surface area contributed by atoms with Gasteiger partial charge in [-0.2, -0.15) is 0 Å². The van der Waals surface area contributed by atoms with Crippen molar-refractivity contribution in [2.75, 3.05) is 13.1 Å². The van der Waals surface area contributed by atoms with Crippen LogP contribution in [-0.4, -0.2) is 36.1 Å². The molecular formula is C18H36N2. The summed E-state index contributed by atoms with van der Waals surface area (Å²) in [6.45, 7) is 12.1. The lowest BCUT2D eigenvalue weighted by Gasteiger charge is -2.46. The molecule has 0 aliphatic heterocycles. The molecule has 0 saturated heterocycles. The average molecular weight is 280 g/mol. The van der Waals surface area contributed by atoms with Gasteiger partial charge in [0.25, 0.3) is 0 Å². The van der Waals surface area contributed by atoms with Gasteiger partial charge in [-0.3, -0.25) is 4.90 Å². The van der Waals surface area contributed by atoms with E-state index in [9.17, 15) is 0 Å². The Bertz CT molecular complexity index is 283. The second-order valence-corrected chi connectivity index (χ2v) is 7.86. The smallest absolute Gasteiger partial charge is 0.0257 e. The highest BCUT2D eigenvalue weighted by Crippen LogP contribution is 2.41. The fourth-order valence-corrected chi connectivity index (χ4v) is 3.83. The van der Waals surface area contributed by atoms with Crippen molar-refractivity contribution < 1.29 is 0 Å². The number of hydrogen-bond donors (Lipinski definition) is 1. The van der Waals surface area contributed by atoms with Crippen molar-refractivity contribution in [1.29, 1.82) is 0 Å². The summed E-state index contributed by atoms with van der Waals surface area (Å²) in [7, 11) is 0. The minimum absolute atomic E-state index is 0.536. The molecule has 2 heteroatoms. The van der Waals surface area contributed by atoms with Crippen molar-refractivity contribution in [3.05, 3.63) is 0 Å². The summed E-state index contributed by atoms with van der Waals surface area (Å²) in [6.07, 6.45) is 11.0. The van der Waals surface area contributed by atoms with Gasteiger partial charge in [0, 0.05) is 18.1 Å². The highest BCUT2D eigenvalue weighted by molar-refractivity contribution is 4.99. The number of nitrogens with zero attached hydrogens (tertiary/aromatic N) is 1. The zero-order chi connectivity index (χ0) is 14.6. The van der Waals surface area contributed by atoms with E-state index in [1.807, 2.05) is 0 Å². The molecule has 20 heavy (non-hydrogen) atoms. The molecule has 0 bridgehead atoms. The van der Waals surface area contributed by atoms with Crippen molar-refractivity contribution in [3.8, 4) is 0 Å². The van der Waals surface area contributed by atoms with Gasteiger partial charge in [-0.1, -0.05) is 34.1 Å². The van der Waals surface area contributed by atoms with Crippen molar-refractivity contribution in [2.45, 2.75) is 97.2 Å². The van der Waals surface area contributed by atoms with Crippen molar-refractivity contribution in [3.63, 3.8) is 0 Å². The van der Waals surface area contributed by atoms with Gasteiger partial charge in [0.1, 0.15) is 0 Å². The average Bonchev–Trinajstić information content (AvgIpc) is 3.22. The first kappa shape index (κ1) is 16.3. The molecule has 0 heterocycles. The van der Waals surface area contributed by atoms with E-state index in [4.69, 9.17) is 0 Å². The molecule has 2 atom stereocenters. The van der Waals surface area contributed by atoms with Gasteiger partial charge in [0.05, 0.1) is 0 Å². The van der Waals surface area contributed by atoms with Crippen LogP contribution in [0.2, 0.25) is 0 Å². The highest BCUT2D eigenvalue weighted by Gasteiger charge is 2.42. The molecule has 2 unspecified atom stereocenters. The third kappa shape index (κ3) is 4.46. The molecule has 2 aliphatic carbocycles. The number of rotatable bonds is 8. The summed E-state index contributed by atoms with van der Waals surface area (Å²) >= 11 is 0. The van der Waals surface area contributed by atoms with Gasteiger partial charge >= 0.3 is 0 Å². The van der Waals surface area contributed by atoms with Gasteiger partial charge in [-0.15, -0.1) is 0 Å². The van der Waals surface area contributed by atoms with Crippen LogP contribution in [0.25, 0.3) is 0 Å². The lowest BCUT2D eigenvalue weighted by Crippen LogP contribution is -2.55. The number of hydrogen-bond acceptors (Lipinski definition) is 2. The van der Waals surface area contributed by atoms with E-state index in [0.717, 1.165) is 18.1 Å². The minimum atomic E-state index is 0.536. The molecule has 0 aromatic heterocycles. The lowest BCUT2D eigenvalue weighted by atomic mass is 9.72. The Morgan fingerprint density at radius 3 is 2.45 bits per heavy atom. The third-order valence-electron chi connectivity index (χ3n) is 5.23. The van der Waals surface area contributed by atoms with Crippen LogP contribution >= 0.6 is 0 Å². The van der Waals surface area contributed by atoms with Crippen molar-refractivity contribution >= 4 is 0 Å². The van der Waals surface area contributed by atoms with Crippen LogP contribution in [0.15, 0.2) is 0 Å². The second-order valence-electron chi connectivity index (χ2n) is 7.86. The van der Waals surface area contributed by atoms with E-state index < -0.39 is 0 Å². The van der Waals surface area contributed by atoms with Crippen LogP contribution in [0.5, 0.6) is 0 Å². The van der Waals surface area contributed by atoms with Crippen molar-refractivity contribution in [1.82, 2.24) is 10.2 Å². The zero-order valence-electron chi connectivity index (χ0n) is 14.3. The molecule has 0 amide bonds. The quantitative estimate of drug-likeness (QED) is 0.717. The standard InChI is InChI=1S/C18H36N2/c1-5-7-13-20(15-8-9-15)17-14-18(3,4)11-10-16(17)19-12-6-2/h15-17,19H,5-14H2,1-4H3. The van der Waals surface area contributed by atoms with Crippen LogP contribution < -0.4 is 5.32 Å². The maximum absolute atomic E-state index is 3.86. The normalized spacial score (nSPS) is 29.9. The first-order valence-electron chi connectivity index (χ1n) is 9.06. The fraction of sp³-hybridized carbons (Fsp3) is 1.00. The van der Waals surface area contributed by atoms with E-state index in [2.05, 4.69) is 37.9 Å². The summed E-state index contributed by atoms with van der Waals surface area (Å²) in [5.74, 6) is 0. The molecular weight excluding hydrogens is 244 g/mol. The topological polar surface area (TPSA) is 15.3 Å². The van der Waals surface area contributed by atoms with E-state index in [0.29, 0.717) is 5.41 Å². The van der Waals surface area contributed by atoms with Crippen molar-refractivity contribution in [2.24, 2.45) is 5.41 Å². The maximum atomic E-state index is 3.86. The summed E-state index contributed by atoms with van der Waals surface area (Å²) in [4.78, 5) is 2.89. The maximum Gasteiger partial charge on any atom is 0.0257 e. The molecule has 0 spiro atoms. The third-order valence-corrected chi connectivity index (χ3v) is 5.23. The number of unbranched alkanes of at least 4 members (excludes halogenated alkanes) is 1. The molecule has 2 nitrogen and oxygen atoms in total. The van der Waals surface area contributed by atoms with Crippen LogP contribution in [0.1, 0.15) is 79.1 Å². The van der Waals surface area contributed by atoms with Gasteiger partial charge in [0.2, 0.25) is 0 Å². The Morgan fingerprint density at radius 1 is 1.10 bits per heavy atom. The Kier molecular flexibility index (Phi) is 5.92. The van der Waals surface area contributed by atoms with E-state index in [1.54, 1.807) is 0 Å². The van der Waals surface area contributed by atoms with Gasteiger partial charge < -0.3 is 5.32 Å². The van der Waals surface area contributed by atoms with E-state index >= 15 is 0 Å². The molecule has 1 N–H and O–H groups in total. The molecule has 2 fully saturated rings. The second kappa shape index (κ2) is 7.26. The summed E-state index contributed by atoms with van der Waals surface area (Å²) in [5, 5.41) is 3.86. The van der Waals surface area contributed by atoms with Gasteiger partial charge in [-0.05, 0) is 63.5 Å². The Morgan fingerprint density at radius 2 is 1.85 bits per heavy atom. The highest BCUT2D eigenvalue weighted by atomic mass is 15.2. The van der Waals surface area contributed by atoms with Crippen LogP contribution in [-0.2, 0) is 0 Å². The molecule has 2 aliphatic rings. The van der Waals surface area contributed by atoms with Gasteiger partial charge in [-0.25, -0.2) is 0 Å². The predicted octanol–water partition coefficient (Wildman–Crippen LogP) is 4.20. The van der Waals surface area contributed by atoms with E-state index in [1.165, 1.54) is 64.5 Å².